The summed E-state index contributed by atoms with van der Waals surface area (Å²) in [4.78, 5) is 36.6. The summed E-state index contributed by atoms with van der Waals surface area (Å²) in [6.07, 6.45) is -6.21. The van der Waals surface area contributed by atoms with Crippen LogP contribution in [-0.2, 0) is 20.9 Å². The number of hydrogen-bond donors (Lipinski definition) is 0. The van der Waals surface area contributed by atoms with Crippen LogP contribution in [0.1, 0.15) is 29.3 Å². The minimum atomic E-state index is -5.01. The molecule has 2 aromatic carbocycles. The largest absolute Gasteiger partial charge is 0.461 e. The molecule has 5 nitrogen and oxygen atoms in total. The van der Waals surface area contributed by atoms with Gasteiger partial charge in [0.25, 0.3) is 5.91 Å². The van der Waals surface area contributed by atoms with Crippen molar-refractivity contribution in [1.82, 2.24) is 4.90 Å². The number of alkyl halides is 3. The zero-order valence-corrected chi connectivity index (χ0v) is 16.9. The Bertz CT molecular complexity index is 887. The first-order valence-electron chi connectivity index (χ1n) is 8.45. The molecule has 0 saturated heterocycles. The summed E-state index contributed by atoms with van der Waals surface area (Å²) in [5.74, 6) is -3.46. The average molecular weight is 472 g/mol. The Morgan fingerprint density at radius 3 is 2.28 bits per heavy atom. The summed E-state index contributed by atoms with van der Waals surface area (Å²) in [6, 6.07) is 11.4. The molecule has 0 bridgehead atoms. The van der Waals surface area contributed by atoms with Crippen LogP contribution in [-0.4, -0.2) is 34.9 Å². The molecule has 0 heterocycles. The van der Waals surface area contributed by atoms with E-state index in [2.05, 4.69) is 15.9 Å². The smallest absolute Gasteiger partial charge is 0.409 e. The SMILES string of the molecule is CC(=O)N(C(=O)c1cccc(Br)c1)C(CC(=O)OCc1ccccc1)C(F)(F)F. The third-order valence-electron chi connectivity index (χ3n) is 3.92. The quantitative estimate of drug-likeness (QED) is 0.581. The van der Waals surface area contributed by atoms with Crippen LogP contribution in [0.3, 0.4) is 0 Å². The molecule has 0 radical (unpaired) electrons. The van der Waals surface area contributed by atoms with E-state index in [1.165, 1.54) is 18.2 Å². The summed E-state index contributed by atoms with van der Waals surface area (Å²) < 4.78 is 46.3. The molecule has 0 fully saturated rings. The van der Waals surface area contributed by atoms with Crippen molar-refractivity contribution in [2.45, 2.75) is 32.2 Å². The summed E-state index contributed by atoms with van der Waals surface area (Å²) >= 11 is 3.12. The Hall–Kier alpha value is -2.68. The van der Waals surface area contributed by atoms with Crippen LogP contribution < -0.4 is 0 Å². The highest BCUT2D eigenvalue weighted by atomic mass is 79.9. The van der Waals surface area contributed by atoms with E-state index < -0.39 is 36.4 Å². The Balaban J connectivity index is 2.22. The molecule has 0 saturated carbocycles. The molecule has 2 amide bonds. The zero-order valence-electron chi connectivity index (χ0n) is 15.3. The molecule has 9 heteroatoms. The van der Waals surface area contributed by atoms with Gasteiger partial charge in [-0.25, -0.2) is 0 Å². The van der Waals surface area contributed by atoms with E-state index in [0.29, 0.717) is 10.0 Å². The van der Waals surface area contributed by atoms with Crippen LogP contribution in [0, 0.1) is 0 Å². The Morgan fingerprint density at radius 2 is 1.72 bits per heavy atom. The zero-order chi connectivity index (χ0) is 21.6. The monoisotopic (exact) mass is 471 g/mol. The van der Waals surface area contributed by atoms with Gasteiger partial charge in [0.1, 0.15) is 12.6 Å². The Kier molecular flexibility index (Phi) is 7.55. The number of halogens is 4. The van der Waals surface area contributed by atoms with E-state index >= 15 is 0 Å². The summed E-state index contributed by atoms with van der Waals surface area (Å²) in [5, 5.41) is 0. The van der Waals surface area contributed by atoms with Gasteiger partial charge >= 0.3 is 12.1 Å². The number of rotatable bonds is 6. The van der Waals surface area contributed by atoms with Crippen LogP contribution in [0.25, 0.3) is 0 Å². The maximum Gasteiger partial charge on any atom is 0.409 e. The predicted molar refractivity (Wildman–Crippen MR) is 102 cm³/mol. The molecule has 0 aliphatic rings. The fourth-order valence-corrected chi connectivity index (χ4v) is 2.97. The van der Waals surface area contributed by atoms with Crippen molar-refractivity contribution in [2.75, 3.05) is 0 Å². The fraction of sp³-hybridized carbons (Fsp3) is 0.250. The number of nitrogens with zero attached hydrogens (tertiary/aromatic N) is 1. The molecule has 1 atom stereocenters. The number of carbonyl (C=O) groups is 3. The number of amides is 2. The topological polar surface area (TPSA) is 63.7 Å². The summed E-state index contributed by atoms with van der Waals surface area (Å²) in [5.41, 5.74) is 0.472. The van der Waals surface area contributed by atoms with Crippen molar-refractivity contribution in [2.24, 2.45) is 0 Å². The number of carbonyl (C=O) groups excluding carboxylic acids is 3. The third kappa shape index (κ3) is 6.42. The molecule has 0 aromatic heterocycles. The standard InChI is InChI=1S/C20H17BrF3NO4/c1-13(26)25(19(28)15-8-5-9-16(21)10-15)17(20(22,23)24)11-18(27)29-12-14-6-3-2-4-7-14/h2-10,17H,11-12H2,1H3. The molecule has 29 heavy (non-hydrogen) atoms. The lowest BCUT2D eigenvalue weighted by Crippen LogP contribution is -2.52. The lowest BCUT2D eigenvalue weighted by molar-refractivity contribution is -0.189. The normalized spacial score (nSPS) is 12.2. The lowest BCUT2D eigenvalue weighted by Gasteiger charge is -2.30. The molecule has 2 rings (SSSR count). The molecule has 154 valence electrons. The first kappa shape index (κ1) is 22.6. The molecule has 0 spiro atoms. The minimum absolute atomic E-state index is 0.0472. The molecular formula is C20H17BrF3NO4. The number of hydrogen-bond acceptors (Lipinski definition) is 4. The van der Waals surface area contributed by atoms with Crippen molar-refractivity contribution in [1.29, 1.82) is 0 Å². The molecule has 0 N–H and O–H groups in total. The number of imide groups is 1. The first-order valence-corrected chi connectivity index (χ1v) is 9.25. The first-order chi connectivity index (χ1) is 13.6. The van der Waals surface area contributed by atoms with E-state index in [4.69, 9.17) is 4.74 Å². The van der Waals surface area contributed by atoms with Crippen molar-refractivity contribution in [3.05, 3.63) is 70.2 Å². The summed E-state index contributed by atoms with van der Waals surface area (Å²) in [6.45, 7) is 0.619. The fourth-order valence-electron chi connectivity index (χ4n) is 2.57. The van der Waals surface area contributed by atoms with Gasteiger partial charge in [0.2, 0.25) is 5.91 Å². The minimum Gasteiger partial charge on any atom is -0.461 e. The van der Waals surface area contributed by atoms with Crippen LogP contribution in [0.5, 0.6) is 0 Å². The van der Waals surface area contributed by atoms with E-state index in [0.717, 1.165) is 6.92 Å². The van der Waals surface area contributed by atoms with Crippen LogP contribution in [0.4, 0.5) is 13.2 Å². The predicted octanol–water partition coefficient (Wildman–Crippen LogP) is 4.50. The maximum atomic E-state index is 13.6. The van der Waals surface area contributed by atoms with Gasteiger partial charge in [-0.2, -0.15) is 13.2 Å². The Morgan fingerprint density at radius 1 is 1.07 bits per heavy atom. The van der Waals surface area contributed by atoms with Gasteiger partial charge < -0.3 is 4.74 Å². The van der Waals surface area contributed by atoms with E-state index in [1.54, 1.807) is 36.4 Å². The van der Waals surface area contributed by atoms with Crippen LogP contribution >= 0.6 is 15.9 Å². The van der Waals surface area contributed by atoms with E-state index in [-0.39, 0.29) is 17.1 Å². The van der Waals surface area contributed by atoms with Gasteiger partial charge in [-0.1, -0.05) is 52.3 Å². The molecule has 1 unspecified atom stereocenters. The van der Waals surface area contributed by atoms with Crippen molar-refractivity contribution < 1.29 is 32.3 Å². The lowest BCUT2D eigenvalue weighted by atomic mass is 10.1. The number of ether oxygens (including phenoxy) is 1. The third-order valence-corrected chi connectivity index (χ3v) is 4.42. The van der Waals surface area contributed by atoms with Gasteiger partial charge in [-0.05, 0) is 23.8 Å². The van der Waals surface area contributed by atoms with Gasteiger partial charge in [0.15, 0.2) is 0 Å². The number of esters is 1. The molecule has 0 aliphatic heterocycles. The van der Waals surface area contributed by atoms with Gasteiger partial charge in [-0.3, -0.25) is 19.3 Å². The molecule has 2 aromatic rings. The second kappa shape index (κ2) is 9.69. The van der Waals surface area contributed by atoms with Gasteiger partial charge in [0.05, 0.1) is 6.42 Å². The molecular weight excluding hydrogens is 455 g/mol. The van der Waals surface area contributed by atoms with Gasteiger partial charge in [0, 0.05) is 17.0 Å². The summed E-state index contributed by atoms with van der Waals surface area (Å²) in [7, 11) is 0. The second-order valence-electron chi connectivity index (χ2n) is 6.11. The maximum absolute atomic E-state index is 13.6. The Labute approximate surface area is 173 Å². The average Bonchev–Trinajstić information content (AvgIpc) is 2.65. The van der Waals surface area contributed by atoms with Crippen LogP contribution in [0.2, 0.25) is 0 Å². The van der Waals surface area contributed by atoms with Crippen LogP contribution in [0.15, 0.2) is 59.1 Å². The second-order valence-corrected chi connectivity index (χ2v) is 7.03. The highest BCUT2D eigenvalue weighted by molar-refractivity contribution is 9.10. The van der Waals surface area contributed by atoms with Crippen molar-refractivity contribution in [3.63, 3.8) is 0 Å². The van der Waals surface area contributed by atoms with Gasteiger partial charge in [-0.15, -0.1) is 0 Å². The highest BCUT2D eigenvalue weighted by Crippen LogP contribution is 2.29. The number of benzene rings is 2. The van der Waals surface area contributed by atoms with Crippen molar-refractivity contribution in [3.8, 4) is 0 Å². The highest BCUT2D eigenvalue weighted by Gasteiger charge is 2.48. The molecule has 0 aliphatic carbocycles. The van der Waals surface area contributed by atoms with E-state index in [1.807, 2.05) is 0 Å². The van der Waals surface area contributed by atoms with Crippen molar-refractivity contribution >= 4 is 33.7 Å². The van der Waals surface area contributed by atoms with E-state index in [9.17, 15) is 27.6 Å².